The Hall–Kier alpha value is -3.14. The van der Waals surface area contributed by atoms with Crippen LogP contribution in [-0.2, 0) is 32.5 Å². The van der Waals surface area contributed by atoms with Crippen LogP contribution in [-0.4, -0.2) is 119 Å². The van der Waals surface area contributed by atoms with Crippen LogP contribution in [0.3, 0.4) is 0 Å². The summed E-state index contributed by atoms with van der Waals surface area (Å²) < 4.78 is 71.5. The van der Waals surface area contributed by atoms with Gasteiger partial charge in [-0.05, 0) is 36.8 Å². The molecule has 2 unspecified atom stereocenters. The third kappa shape index (κ3) is 7.84. The number of hydrogen-bond donors (Lipinski definition) is 7. The average Bonchev–Trinajstić information content (AvgIpc) is 3.64. The van der Waals surface area contributed by atoms with E-state index in [1.807, 2.05) is 0 Å². The molecule has 2 saturated heterocycles. The highest BCUT2D eigenvalue weighted by atomic mass is 35.5. The second kappa shape index (κ2) is 14.4. The molecule has 0 saturated carbocycles. The van der Waals surface area contributed by atoms with Crippen LogP contribution in [0, 0.1) is 0 Å². The summed E-state index contributed by atoms with van der Waals surface area (Å²) in [5, 5.41) is 75.8. The molecule has 1 aromatic heterocycles. The van der Waals surface area contributed by atoms with Crippen molar-refractivity contribution in [1.82, 2.24) is 14.8 Å². The number of aromatic nitrogens is 3. The van der Waals surface area contributed by atoms with Crippen LogP contribution in [0.2, 0.25) is 5.02 Å². The molecule has 3 aromatic rings. The zero-order chi connectivity index (χ0) is 35.0. The van der Waals surface area contributed by atoms with Gasteiger partial charge in [-0.3, -0.25) is 0 Å². The Labute approximate surface area is 275 Å². The number of nitrogens with zero attached hydrogens (tertiary/aromatic N) is 3. The Balaban J connectivity index is 1.35. The summed E-state index contributed by atoms with van der Waals surface area (Å²) in [4.78, 5) is 3.73. The minimum Gasteiger partial charge on any atom is -0.458 e. The van der Waals surface area contributed by atoms with Crippen molar-refractivity contribution in [3.8, 4) is 17.2 Å². The summed E-state index contributed by atoms with van der Waals surface area (Å²) in [6.45, 7) is -0.301. The lowest BCUT2D eigenvalue weighted by Crippen LogP contribution is -2.60. The Bertz CT molecular complexity index is 1530. The first-order chi connectivity index (χ1) is 22.6. The fraction of sp³-hybridized carbons (Fsp3) is 0.517. The van der Waals surface area contributed by atoms with E-state index in [0.717, 1.165) is 6.07 Å². The van der Waals surface area contributed by atoms with Gasteiger partial charge in [-0.25, -0.2) is 9.67 Å². The van der Waals surface area contributed by atoms with Crippen molar-refractivity contribution < 1.29 is 72.6 Å². The highest BCUT2D eigenvalue weighted by Gasteiger charge is 2.48. The van der Waals surface area contributed by atoms with Gasteiger partial charge in [0, 0.05) is 11.1 Å². The van der Waals surface area contributed by atoms with Gasteiger partial charge >= 0.3 is 6.18 Å². The van der Waals surface area contributed by atoms with Crippen molar-refractivity contribution in [1.29, 1.82) is 0 Å². The maximum absolute atomic E-state index is 14.2. The maximum Gasteiger partial charge on any atom is 0.416 e. The fourth-order valence-corrected chi connectivity index (χ4v) is 5.42. The monoisotopic (exact) mass is 707 g/mol. The third-order valence-corrected chi connectivity index (χ3v) is 8.02. The largest absolute Gasteiger partial charge is 0.458 e. The molecule has 2 aliphatic heterocycles. The van der Waals surface area contributed by atoms with Gasteiger partial charge < -0.3 is 59.4 Å². The molecule has 2 aliphatic rings. The van der Waals surface area contributed by atoms with Gasteiger partial charge in [0.05, 0.1) is 25.3 Å². The molecule has 15 nitrogen and oxygen atoms in total. The summed E-state index contributed by atoms with van der Waals surface area (Å²) in [5.41, 5.74) is -3.67. The smallest absolute Gasteiger partial charge is 0.416 e. The lowest BCUT2D eigenvalue weighted by atomic mass is 9.90. The highest BCUT2D eigenvalue weighted by molar-refractivity contribution is 6.30. The standard InChI is InChI=1S/C29H33ClF3N3O12/c1-28(43,10-36-12-34-11-35-36)15-4-3-14(7-16(15)29(31,32)33)45-17-5-2-13(30)6-18(17)46-27-25(42)23(40)22(39)20(48-27)9-44-26-24(41)21(38)19(8-37)47-26/h2-7,11-12,19-27,37-43H,8-10H2,1H3/t19-,20-,21-,22-,23+,24-,25-,26?,27+,28?/m1/s1. The Kier molecular flexibility index (Phi) is 10.8. The van der Waals surface area contributed by atoms with Crippen molar-refractivity contribution in [2.45, 2.75) is 80.6 Å². The number of ether oxygens (including phenoxy) is 5. The number of aliphatic hydroxyl groups is 7. The van der Waals surface area contributed by atoms with Gasteiger partial charge in [-0.2, -0.15) is 18.3 Å². The van der Waals surface area contributed by atoms with E-state index >= 15 is 0 Å². The molecule has 2 fully saturated rings. The van der Waals surface area contributed by atoms with Crippen LogP contribution in [0.1, 0.15) is 18.1 Å². The van der Waals surface area contributed by atoms with Crippen molar-refractivity contribution in [2.24, 2.45) is 0 Å². The second-order valence-electron chi connectivity index (χ2n) is 11.4. The van der Waals surface area contributed by atoms with Crippen molar-refractivity contribution >= 4 is 11.6 Å². The Morgan fingerprint density at radius 1 is 0.875 bits per heavy atom. The number of benzene rings is 2. The second-order valence-corrected chi connectivity index (χ2v) is 11.9. The fourth-order valence-electron chi connectivity index (χ4n) is 5.26. The molecule has 0 bridgehead atoms. The summed E-state index contributed by atoms with van der Waals surface area (Å²) in [7, 11) is 0. The van der Waals surface area contributed by atoms with Gasteiger partial charge in [0.25, 0.3) is 0 Å². The van der Waals surface area contributed by atoms with Crippen molar-refractivity contribution in [3.05, 3.63) is 65.2 Å². The molecule has 5 rings (SSSR count). The maximum atomic E-state index is 14.2. The molecule has 0 amide bonds. The first-order valence-corrected chi connectivity index (χ1v) is 14.8. The van der Waals surface area contributed by atoms with E-state index in [1.165, 1.54) is 48.5 Å². The molecule has 0 radical (unpaired) electrons. The van der Waals surface area contributed by atoms with Gasteiger partial charge in [-0.15, -0.1) is 0 Å². The normalized spacial score (nSPS) is 30.6. The van der Waals surface area contributed by atoms with Crippen molar-refractivity contribution in [3.63, 3.8) is 0 Å². The molecule has 48 heavy (non-hydrogen) atoms. The number of aliphatic hydroxyl groups excluding tert-OH is 6. The first-order valence-electron chi connectivity index (χ1n) is 14.4. The molecule has 0 aliphatic carbocycles. The van der Waals surface area contributed by atoms with Crippen LogP contribution in [0.25, 0.3) is 0 Å². The van der Waals surface area contributed by atoms with Crippen LogP contribution < -0.4 is 9.47 Å². The van der Waals surface area contributed by atoms with Crippen LogP contribution in [0.5, 0.6) is 17.2 Å². The zero-order valence-electron chi connectivity index (χ0n) is 25.0. The van der Waals surface area contributed by atoms with Crippen LogP contribution >= 0.6 is 11.6 Å². The molecule has 3 heterocycles. The molecule has 0 spiro atoms. The third-order valence-electron chi connectivity index (χ3n) is 7.78. The van der Waals surface area contributed by atoms with Gasteiger partial charge in [0.2, 0.25) is 6.29 Å². The summed E-state index contributed by atoms with van der Waals surface area (Å²) in [6, 6.07) is 6.74. The lowest BCUT2D eigenvalue weighted by Gasteiger charge is -2.40. The minimum absolute atomic E-state index is 0.0861. The van der Waals surface area contributed by atoms with Crippen LogP contribution in [0.4, 0.5) is 13.2 Å². The van der Waals surface area contributed by atoms with E-state index in [0.29, 0.717) is 6.07 Å². The highest BCUT2D eigenvalue weighted by Crippen LogP contribution is 2.42. The van der Waals surface area contributed by atoms with E-state index in [-0.39, 0.29) is 28.8 Å². The Morgan fingerprint density at radius 2 is 1.56 bits per heavy atom. The summed E-state index contributed by atoms with van der Waals surface area (Å²) in [6.07, 6.45) is -16.6. The minimum atomic E-state index is -4.91. The van der Waals surface area contributed by atoms with E-state index < -0.39 is 91.4 Å². The topological polar surface area (TPSA) is 218 Å². The average molecular weight is 708 g/mol. The SMILES string of the molecule is CC(O)(Cn1cncn1)c1ccc(Oc2ccc(Cl)cc2O[C@H]2O[C@H](COC3O[C@H](CO)[C@@H](O)[C@H]3O)[C@@H](O)[C@H](O)[C@H]2O)cc1C(F)(F)F. The van der Waals surface area contributed by atoms with E-state index in [1.54, 1.807) is 0 Å². The number of halogens is 4. The van der Waals surface area contributed by atoms with Gasteiger partial charge in [0.1, 0.15) is 66.7 Å². The zero-order valence-corrected chi connectivity index (χ0v) is 25.7. The van der Waals surface area contributed by atoms with E-state index in [4.69, 9.17) is 35.3 Å². The predicted octanol–water partition coefficient (Wildman–Crippen LogP) is 0.292. The molecule has 7 N–H and O–H groups in total. The lowest BCUT2D eigenvalue weighted by molar-refractivity contribution is -0.290. The number of rotatable bonds is 11. The summed E-state index contributed by atoms with van der Waals surface area (Å²) >= 11 is 6.13. The quantitative estimate of drug-likeness (QED) is 0.143. The number of hydrogen-bond acceptors (Lipinski definition) is 14. The van der Waals surface area contributed by atoms with E-state index in [2.05, 4.69) is 10.1 Å². The predicted molar refractivity (Wildman–Crippen MR) is 154 cm³/mol. The molecule has 19 heteroatoms. The molecule has 264 valence electrons. The van der Waals surface area contributed by atoms with Crippen LogP contribution in [0.15, 0.2) is 49.1 Å². The number of alkyl halides is 3. The molecule has 10 atom stereocenters. The van der Waals surface area contributed by atoms with Gasteiger partial charge in [-0.1, -0.05) is 17.7 Å². The Morgan fingerprint density at radius 3 is 2.21 bits per heavy atom. The first kappa shape index (κ1) is 36.1. The van der Waals surface area contributed by atoms with E-state index in [9.17, 15) is 48.9 Å². The van der Waals surface area contributed by atoms with Gasteiger partial charge in [0.15, 0.2) is 17.8 Å². The van der Waals surface area contributed by atoms with Crippen molar-refractivity contribution in [2.75, 3.05) is 13.2 Å². The summed E-state index contributed by atoms with van der Waals surface area (Å²) in [5.74, 6) is -0.750. The molecule has 2 aromatic carbocycles. The molecular weight excluding hydrogens is 675 g/mol. The molecular formula is C29H33ClF3N3O12.